The van der Waals surface area contributed by atoms with Crippen molar-refractivity contribution in [2.45, 2.75) is 47.1 Å². The van der Waals surface area contributed by atoms with Crippen LogP contribution in [0.3, 0.4) is 0 Å². The van der Waals surface area contributed by atoms with Crippen LogP contribution in [0.1, 0.15) is 39.7 Å². The summed E-state index contributed by atoms with van der Waals surface area (Å²) in [6, 6.07) is 6.20. The average Bonchev–Trinajstić information content (AvgIpc) is 2.58. The molecule has 0 N–H and O–H groups in total. The molecule has 17 heavy (non-hydrogen) atoms. The van der Waals surface area contributed by atoms with Gasteiger partial charge < -0.3 is 4.57 Å². The van der Waals surface area contributed by atoms with E-state index in [1.807, 2.05) is 6.07 Å². The first-order valence-corrected chi connectivity index (χ1v) is 6.41. The molecular formula is C15H22ClN. The Morgan fingerprint density at radius 1 is 1.18 bits per heavy atom. The van der Waals surface area contributed by atoms with Crippen LogP contribution in [0.25, 0.3) is 10.9 Å². The summed E-state index contributed by atoms with van der Waals surface area (Å²) < 4.78 is 2.34. The molecule has 0 fully saturated rings. The van der Waals surface area contributed by atoms with Crippen LogP contribution in [0.4, 0.5) is 0 Å². The Morgan fingerprint density at radius 3 is 2.59 bits per heavy atom. The maximum atomic E-state index is 6.07. The fraction of sp³-hybridized carbons (Fsp3) is 0.467. The first-order chi connectivity index (χ1) is 7.76. The van der Waals surface area contributed by atoms with E-state index in [2.05, 4.69) is 36.7 Å². The van der Waals surface area contributed by atoms with Crippen LogP contribution >= 0.6 is 11.6 Å². The van der Waals surface area contributed by atoms with Crippen LogP contribution < -0.4 is 0 Å². The Bertz CT molecular complexity index is 485. The molecule has 0 saturated heterocycles. The second kappa shape index (κ2) is 6.11. The lowest BCUT2D eigenvalue weighted by Crippen LogP contribution is -1.93. The molecule has 0 aliphatic rings. The third-order valence-corrected chi connectivity index (χ3v) is 3.14. The van der Waals surface area contributed by atoms with Gasteiger partial charge in [-0.2, -0.15) is 0 Å². The molecular weight excluding hydrogens is 230 g/mol. The largest absolute Gasteiger partial charge is 0.347 e. The fourth-order valence-corrected chi connectivity index (χ4v) is 2.41. The zero-order valence-electron chi connectivity index (χ0n) is 9.96. The highest BCUT2D eigenvalue weighted by Crippen LogP contribution is 2.26. The molecule has 2 heteroatoms. The van der Waals surface area contributed by atoms with Gasteiger partial charge in [0.1, 0.15) is 0 Å². The number of hydrogen-bond donors (Lipinski definition) is 0. The van der Waals surface area contributed by atoms with E-state index in [4.69, 9.17) is 11.6 Å². The highest BCUT2D eigenvalue weighted by molar-refractivity contribution is 6.31. The van der Waals surface area contributed by atoms with Crippen molar-refractivity contribution in [3.8, 4) is 0 Å². The van der Waals surface area contributed by atoms with E-state index in [1.54, 1.807) is 0 Å². The second-order valence-electron chi connectivity index (χ2n) is 4.26. The molecule has 0 amide bonds. The van der Waals surface area contributed by atoms with Crippen molar-refractivity contribution < 1.29 is 0 Å². The minimum Gasteiger partial charge on any atom is -0.347 e. The number of aromatic nitrogens is 1. The molecule has 2 aromatic rings. The minimum atomic E-state index is 0. The number of fused-ring (bicyclic) bond motifs is 1. The Morgan fingerprint density at radius 2 is 1.94 bits per heavy atom. The van der Waals surface area contributed by atoms with Gasteiger partial charge in [-0.25, -0.2) is 0 Å². The molecule has 0 saturated carbocycles. The highest BCUT2D eigenvalue weighted by atomic mass is 35.5. The van der Waals surface area contributed by atoms with E-state index in [0.717, 1.165) is 24.4 Å². The van der Waals surface area contributed by atoms with E-state index >= 15 is 0 Å². The van der Waals surface area contributed by atoms with Crippen LogP contribution in [0.15, 0.2) is 24.4 Å². The number of rotatable bonds is 4. The van der Waals surface area contributed by atoms with Crippen molar-refractivity contribution in [2.75, 3.05) is 0 Å². The number of hydrogen-bond acceptors (Lipinski definition) is 0. The zero-order chi connectivity index (χ0) is 11.5. The predicted octanol–water partition coefficient (Wildman–Crippen LogP) is 5.29. The van der Waals surface area contributed by atoms with E-state index in [9.17, 15) is 0 Å². The number of nitrogens with zero attached hydrogens (tertiary/aromatic N) is 1. The Balaban J connectivity index is 0.00000144. The lowest BCUT2D eigenvalue weighted by molar-refractivity contribution is 0.700. The van der Waals surface area contributed by atoms with Gasteiger partial charge in [-0.1, -0.05) is 39.3 Å². The second-order valence-corrected chi connectivity index (χ2v) is 4.70. The van der Waals surface area contributed by atoms with Crippen molar-refractivity contribution in [1.82, 2.24) is 4.57 Å². The first-order valence-electron chi connectivity index (χ1n) is 6.03. The number of benzene rings is 1. The molecule has 1 nitrogen and oxygen atoms in total. The molecule has 0 spiro atoms. The van der Waals surface area contributed by atoms with Gasteiger partial charge in [-0.3, -0.25) is 0 Å². The average molecular weight is 252 g/mol. The normalized spacial score (nSPS) is 10.5. The molecule has 0 unspecified atom stereocenters. The molecule has 1 heterocycles. The molecule has 94 valence electrons. The topological polar surface area (TPSA) is 4.93 Å². The summed E-state index contributed by atoms with van der Waals surface area (Å²) in [7, 11) is 0. The Labute approximate surface area is 109 Å². The number of aryl methyl sites for hydroxylation is 2. The maximum Gasteiger partial charge on any atom is 0.0484 e. The summed E-state index contributed by atoms with van der Waals surface area (Å²) in [6.07, 6.45) is 5.76. The van der Waals surface area contributed by atoms with Gasteiger partial charge in [0.05, 0.1) is 0 Å². The molecule has 0 bridgehead atoms. The summed E-state index contributed by atoms with van der Waals surface area (Å²) >= 11 is 6.07. The standard InChI is InChI=1S/C14H18ClN.CH4/c1-3-5-11-10-16(8-4-2)14-7-6-12(15)9-13(11)14;/h6-7,9-10H,3-5,8H2,1-2H3;1H4. The van der Waals surface area contributed by atoms with Crippen molar-refractivity contribution in [3.63, 3.8) is 0 Å². The van der Waals surface area contributed by atoms with Crippen molar-refractivity contribution >= 4 is 22.5 Å². The SMILES string of the molecule is C.CCCc1cn(CCC)c2ccc(Cl)cc12. The van der Waals surface area contributed by atoms with Crippen LogP contribution in [-0.2, 0) is 13.0 Å². The van der Waals surface area contributed by atoms with E-state index in [-0.39, 0.29) is 7.43 Å². The van der Waals surface area contributed by atoms with Crippen molar-refractivity contribution in [1.29, 1.82) is 0 Å². The molecule has 0 aliphatic heterocycles. The Hall–Kier alpha value is -0.950. The van der Waals surface area contributed by atoms with Gasteiger partial charge in [-0.15, -0.1) is 0 Å². The van der Waals surface area contributed by atoms with Crippen molar-refractivity contribution in [3.05, 3.63) is 35.0 Å². The van der Waals surface area contributed by atoms with Crippen LogP contribution in [-0.4, -0.2) is 4.57 Å². The van der Waals surface area contributed by atoms with Crippen LogP contribution in [0, 0.1) is 0 Å². The summed E-state index contributed by atoms with van der Waals surface area (Å²) in [5.41, 5.74) is 2.74. The molecule has 0 aliphatic carbocycles. The lowest BCUT2D eigenvalue weighted by Gasteiger charge is -2.01. The van der Waals surface area contributed by atoms with E-state index in [1.165, 1.54) is 22.9 Å². The summed E-state index contributed by atoms with van der Waals surface area (Å²) in [4.78, 5) is 0. The highest BCUT2D eigenvalue weighted by Gasteiger charge is 2.07. The van der Waals surface area contributed by atoms with Crippen molar-refractivity contribution in [2.24, 2.45) is 0 Å². The molecule has 0 radical (unpaired) electrons. The number of halogens is 1. The third kappa shape index (κ3) is 2.84. The molecule has 1 aromatic heterocycles. The van der Waals surface area contributed by atoms with Crippen LogP contribution in [0.5, 0.6) is 0 Å². The van der Waals surface area contributed by atoms with Gasteiger partial charge in [0.15, 0.2) is 0 Å². The predicted molar refractivity (Wildman–Crippen MR) is 78.0 cm³/mol. The summed E-state index contributed by atoms with van der Waals surface area (Å²) in [5.74, 6) is 0. The van der Waals surface area contributed by atoms with Gasteiger partial charge in [0, 0.05) is 28.7 Å². The van der Waals surface area contributed by atoms with E-state index < -0.39 is 0 Å². The summed E-state index contributed by atoms with van der Waals surface area (Å²) in [5, 5.41) is 2.15. The van der Waals surface area contributed by atoms with E-state index in [0.29, 0.717) is 0 Å². The lowest BCUT2D eigenvalue weighted by atomic mass is 10.1. The van der Waals surface area contributed by atoms with Crippen LogP contribution in [0.2, 0.25) is 5.02 Å². The molecule has 2 rings (SSSR count). The van der Waals surface area contributed by atoms with Gasteiger partial charge in [-0.05, 0) is 36.6 Å². The monoisotopic (exact) mass is 251 g/mol. The van der Waals surface area contributed by atoms with Gasteiger partial charge in [0.25, 0.3) is 0 Å². The third-order valence-electron chi connectivity index (χ3n) is 2.91. The molecule has 1 aromatic carbocycles. The fourth-order valence-electron chi connectivity index (χ4n) is 2.24. The smallest absolute Gasteiger partial charge is 0.0484 e. The zero-order valence-corrected chi connectivity index (χ0v) is 10.7. The maximum absolute atomic E-state index is 6.07. The first kappa shape index (κ1) is 14.1. The molecule has 0 atom stereocenters. The van der Waals surface area contributed by atoms with Gasteiger partial charge >= 0.3 is 0 Å². The quantitative estimate of drug-likeness (QED) is 0.696. The van der Waals surface area contributed by atoms with Gasteiger partial charge in [0.2, 0.25) is 0 Å². The summed E-state index contributed by atoms with van der Waals surface area (Å²) in [6.45, 7) is 5.51. The minimum absolute atomic E-state index is 0. The Kier molecular flexibility index (Phi) is 5.07.